The van der Waals surface area contributed by atoms with Crippen LogP contribution >= 0.6 is 0 Å². The summed E-state index contributed by atoms with van der Waals surface area (Å²) < 4.78 is 12.5. The Hall–Kier alpha value is -4.03. The van der Waals surface area contributed by atoms with Gasteiger partial charge in [0.15, 0.2) is 11.5 Å². The van der Waals surface area contributed by atoms with E-state index in [1.54, 1.807) is 0 Å². The average Bonchev–Trinajstić information content (AvgIpc) is 2.92. The molecule has 0 fully saturated rings. The van der Waals surface area contributed by atoms with Gasteiger partial charge in [0.1, 0.15) is 0 Å². The van der Waals surface area contributed by atoms with Crippen molar-refractivity contribution >= 4 is 0 Å². The highest BCUT2D eigenvalue weighted by Gasteiger charge is 2.22. The fourth-order valence-corrected chi connectivity index (χ4v) is 5.02. The molecule has 0 aliphatic carbocycles. The summed E-state index contributed by atoms with van der Waals surface area (Å²) in [5, 5.41) is 10.2. The van der Waals surface area contributed by atoms with Crippen molar-refractivity contribution in [1.29, 1.82) is 0 Å². The van der Waals surface area contributed by atoms with Crippen LogP contribution in [0, 0.1) is 0 Å². The third-order valence-electron chi connectivity index (χ3n) is 6.91. The number of phenolic OH excluding ortho intramolecular Hbond substituents is 1. The van der Waals surface area contributed by atoms with Crippen molar-refractivity contribution in [3.8, 4) is 39.5 Å². The fraction of sp³-hybridized carbons (Fsp3) is 0.233. The van der Waals surface area contributed by atoms with Crippen molar-refractivity contribution in [3.63, 3.8) is 0 Å². The number of phenols is 1. The van der Waals surface area contributed by atoms with E-state index in [0.717, 1.165) is 53.0 Å². The quantitative estimate of drug-likeness (QED) is 0.419. The molecule has 6 heteroatoms. The van der Waals surface area contributed by atoms with Gasteiger partial charge in [-0.3, -0.25) is 9.69 Å². The zero-order valence-corrected chi connectivity index (χ0v) is 20.8. The molecule has 0 radical (unpaired) electrons. The molecule has 0 saturated carbocycles. The van der Waals surface area contributed by atoms with E-state index in [9.17, 15) is 9.90 Å². The maximum absolute atomic E-state index is 13.3. The summed E-state index contributed by atoms with van der Waals surface area (Å²) in [6, 6.07) is 24.1. The normalized spacial score (nSPS) is 13.3. The van der Waals surface area contributed by atoms with Crippen LogP contribution in [-0.2, 0) is 26.6 Å². The standard InChI is InChI=1S/C30H30N2O4/c1-31-26-12-13-32(18-20-14-27(35-2)29(33)28(15-20)36-3)19-24(26)17-25(30(31)34)23-11-7-10-22(16-23)21-8-5-4-6-9-21/h4-11,14-17,33H,12-13,18-19H2,1-3H3. The first-order valence-corrected chi connectivity index (χ1v) is 12.0. The van der Waals surface area contributed by atoms with Crippen LogP contribution in [0.5, 0.6) is 17.2 Å². The van der Waals surface area contributed by atoms with Gasteiger partial charge in [0.05, 0.1) is 14.2 Å². The minimum atomic E-state index is 0.00474. The first-order valence-electron chi connectivity index (χ1n) is 12.0. The monoisotopic (exact) mass is 482 g/mol. The van der Waals surface area contributed by atoms with Crippen LogP contribution in [0.4, 0.5) is 0 Å². The molecule has 6 nitrogen and oxygen atoms in total. The topological polar surface area (TPSA) is 63.9 Å². The number of rotatable bonds is 6. The largest absolute Gasteiger partial charge is 0.502 e. The molecule has 0 saturated heterocycles. The summed E-state index contributed by atoms with van der Waals surface area (Å²) in [5.41, 5.74) is 7.10. The lowest BCUT2D eigenvalue weighted by molar-refractivity contribution is 0.240. The van der Waals surface area contributed by atoms with E-state index in [1.807, 2.05) is 54.1 Å². The van der Waals surface area contributed by atoms with Crippen molar-refractivity contribution in [2.45, 2.75) is 19.5 Å². The first-order chi connectivity index (χ1) is 17.5. The maximum atomic E-state index is 13.3. The third kappa shape index (κ3) is 4.48. The number of aromatic hydroxyl groups is 1. The van der Waals surface area contributed by atoms with Gasteiger partial charge in [-0.1, -0.05) is 48.5 Å². The van der Waals surface area contributed by atoms with Gasteiger partial charge >= 0.3 is 0 Å². The highest BCUT2D eigenvalue weighted by molar-refractivity contribution is 5.73. The lowest BCUT2D eigenvalue weighted by Gasteiger charge is -2.30. The fourth-order valence-electron chi connectivity index (χ4n) is 5.02. The van der Waals surface area contributed by atoms with Gasteiger partial charge in [-0.2, -0.15) is 0 Å². The highest BCUT2D eigenvalue weighted by Crippen LogP contribution is 2.38. The minimum absolute atomic E-state index is 0.00474. The van der Waals surface area contributed by atoms with E-state index in [1.165, 1.54) is 14.2 Å². The average molecular weight is 483 g/mol. The van der Waals surface area contributed by atoms with Gasteiger partial charge in [-0.05, 0) is 52.1 Å². The molecule has 0 unspecified atom stereocenters. The maximum Gasteiger partial charge on any atom is 0.258 e. The van der Waals surface area contributed by atoms with E-state index in [-0.39, 0.29) is 11.3 Å². The van der Waals surface area contributed by atoms with Crippen LogP contribution in [0.2, 0.25) is 0 Å². The van der Waals surface area contributed by atoms with Crippen LogP contribution in [-0.4, -0.2) is 35.3 Å². The SMILES string of the molecule is COc1cc(CN2CCc3c(cc(-c4cccc(-c5ccccc5)c4)c(=O)n3C)C2)cc(OC)c1O. The Morgan fingerprint density at radius 2 is 1.53 bits per heavy atom. The molecule has 184 valence electrons. The molecule has 0 spiro atoms. The highest BCUT2D eigenvalue weighted by atomic mass is 16.5. The van der Waals surface area contributed by atoms with Gasteiger partial charge in [-0.15, -0.1) is 0 Å². The number of hydrogen-bond donors (Lipinski definition) is 1. The van der Waals surface area contributed by atoms with Crippen molar-refractivity contribution in [3.05, 3.63) is 100.0 Å². The predicted molar refractivity (Wildman–Crippen MR) is 142 cm³/mol. The number of aromatic nitrogens is 1. The summed E-state index contributed by atoms with van der Waals surface area (Å²) in [6.45, 7) is 2.23. The van der Waals surface area contributed by atoms with Crippen LogP contribution in [0.15, 0.2) is 77.6 Å². The zero-order chi connectivity index (χ0) is 25.2. The lowest BCUT2D eigenvalue weighted by atomic mass is 9.96. The number of hydrogen-bond acceptors (Lipinski definition) is 5. The second-order valence-corrected chi connectivity index (χ2v) is 9.15. The van der Waals surface area contributed by atoms with Crippen LogP contribution in [0.25, 0.3) is 22.3 Å². The predicted octanol–water partition coefficient (Wildman–Crippen LogP) is 5.00. The number of nitrogens with zero attached hydrogens (tertiary/aromatic N) is 2. The Balaban J connectivity index is 1.46. The Bertz CT molecular complexity index is 1440. The molecule has 0 atom stereocenters. The van der Waals surface area contributed by atoms with Gasteiger partial charge in [0, 0.05) is 44.4 Å². The van der Waals surface area contributed by atoms with E-state index >= 15 is 0 Å². The van der Waals surface area contributed by atoms with Gasteiger partial charge in [-0.25, -0.2) is 0 Å². The molecule has 0 amide bonds. The molecule has 36 heavy (non-hydrogen) atoms. The molecule has 3 aromatic carbocycles. The zero-order valence-electron chi connectivity index (χ0n) is 20.8. The van der Waals surface area contributed by atoms with Crippen molar-refractivity contribution in [2.24, 2.45) is 7.05 Å². The molecule has 5 rings (SSSR count). The smallest absolute Gasteiger partial charge is 0.258 e. The second-order valence-electron chi connectivity index (χ2n) is 9.15. The summed E-state index contributed by atoms with van der Waals surface area (Å²) in [6.07, 6.45) is 0.789. The Morgan fingerprint density at radius 1 is 0.861 bits per heavy atom. The van der Waals surface area contributed by atoms with Crippen LogP contribution in [0.3, 0.4) is 0 Å². The van der Waals surface area contributed by atoms with E-state index < -0.39 is 0 Å². The van der Waals surface area contributed by atoms with Gasteiger partial charge < -0.3 is 19.1 Å². The Morgan fingerprint density at radius 3 is 2.22 bits per heavy atom. The van der Waals surface area contributed by atoms with Crippen molar-refractivity contribution in [2.75, 3.05) is 20.8 Å². The molecule has 0 bridgehead atoms. The molecule has 1 aliphatic heterocycles. The number of fused-ring (bicyclic) bond motifs is 1. The first kappa shape index (κ1) is 23.7. The third-order valence-corrected chi connectivity index (χ3v) is 6.91. The van der Waals surface area contributed by atoms with E-state index in [0.29, 0.717) is 23.6 Å². The summed E-state index contributed by atoms with van der Waals surface area (Å²) in [5.74, 6) is 0.791. The number of pyridine rings is 1. The van der Waals surface area contributed by atoms with Crippen molar-refractivity contribution < 1.29 is 14.6 Å². The number of ether oxygens (including phenoxy) is 2. The Labute approximate surface area is 211 Å². The lowest BCUT2D eigenvalue weighted by Crippen LogP contribution is -2.35. The van der Waals surface area contributed by atoms with Crippen LogP contribution in [0.1, 0.15) is 16.8 Å². The van der Waals surface area contributed by atoms with Gasteiger partial charge in [0.25, 0.3) is 5.56 Å². The van der Waals surface area contributed by atoms with Crippen LogP contribution < -0.4 is 15.0 Å². The summed E-state index contributed by atoms with van der Waals surface area (Å²) in [4.78, 5) is 15.7. The molecule has 2 heterocycles. The second kappa shape index (κ2) is 9.91. The minimum Gasteiger partial charge on any atom is -0.502 e. The molecule has 1 N–H and O–H groups in total. The number of methoxy groups -OCH3 is 2. The van der Waals surface area contributed by atoms with Crippen molar-refractivity contribution in [1.82, 2.24) is 9.47 Å². The molecule has 4 aromatic rings. The summed E-state index contributed by atoms with van der Waals surface area (Å²) in [7, 11) is 4.94. The molecular formula is C30H30N2O4. The molecule has 1 aromatic heterocycles. The summed E-state index contributed by atoms with van der Waals surface area (Å²) >= 11 is 0. The number of benzene rings is 3. The molecule has 1 aliphatic rings. The Kier molecular flexibility index (Phi) is 6.53. The molecular weight excluding hydrogens is 452 g/mol. The van der Waals surface area contributed by atoms with E-state index in [2.05, 4.69) is 35.2 Å². The van der Waals surface area contributed by atoms with E-state index in [4.69, 9.17) is 9.47 Å². The van der Waals surface area contributed by atoms with Gasteiger partial charge in [0.2, 0.25) is 5.75 Å².